The number of ketones is 1. The van der Waals surface area contributed by atoms with Crippen LogP contribution in [0.4, 0.5) is 0 Å². The molecule has 0 aromatic rings. The summed E-state index contributed by atoms with van der Waals surface area (Å²) in [6.07, 6.45) is 9.25. The van der Waals surface area contributed by atoms with Crippen molar-refractivity contribution in [1.29, 1.82) is 0 Å². The van der Waals surface area contributed by atoms with Crippen molar-refractivity contribution in [3.63, 3.8) is 0 Å². The standard InChI is InChI=1S/C16H30O2/c1-6-16(5,18-7-2)13-9-11-14(3)10-8-12-15(4)17/h8,12,14H,6-7,9-11,13H2,1-5H3/b12-8+. The number of carbonyl (C=O) groups excluding carboxylic acids is 1. The third-order valence-corrected chi connectivity index (χ3v) is 3.53. The highest BCUT2D eigenvalue weighted by Crippen LogP contribution is 2.24. The SMILES string of the molecule is CCOC(C)(CC)CCCC(C)C/C=C/C(C)=O. The molecule has 0 aliphatic heterocycles. The van der Waals surface area contributed by atoms with E-state index in [4.69, 9.17) is 4.74 Å². The van der Waals surface area contributed by atoms with Gasteiger partial charge in [0.1, 0.15) is 0 Å². The fourth-order valence-corrected chi connectivity index (χ4v) is 2.11. The maximum atomic E-state index is 10.8. The van der Waals surface area contributed by atoms with Gasteiger partial charge in [-0.15, -0.1) is 0 Å². The molecule has 0 aromatic heterocycles. The normalized spacial score (nSPS) is 16.7. The van der Waals surface area contributed by atoms with Crippen molar-refractivity contribution in [3.05, 3.63) is 12.2 Å². The Balaban J connectivity index is 3.85. The van der Waals surface area contributed by atoms with E-state index in [0.717, 1.165) is 25.9 Å². The highest BCUT2D eigenvalue weighted by atomic mass is 16.5. The Bertz CT molecular complexity index is 258. The predicted octanol–water partition coefficient (Wildman–Crippen LogP) is 4.53. The van der Waals surface area contributed by atoms with Crippen molar-refractivity contribution in [3.8, 4) is 0 Å². The van der Waals surface area contributed by atoms with E-state index >= 15 is 0 Å². The lowest BCUT2D eigenvalue weighted by Gasteiger charge is -2.28. The van der Waals surface area contributed by atoms with Gasteiger partial charge in [0, 0.05) is 6.61 Å². The zero-order valence-corrected chi connectivity index (χ0v) is 12.8. The summed E-state index contributed by atoms with van der Waals surface area (Å²) in [6, 6.07) is 0. The van der Waals surface area contributed by atoms with Crippen molar-refractivity contribution >= 4 is 5.78 Å². The van der Waals surface area contributed by atoms with Crippen molar-refractivity contribution < 1.29 is 9.53 Å². The molecule has 0 heterocycles. The molecule has 0 saturated heterocycles. The van der Waals surface area contributed by atoms with Gasteiger partial charge in [-0.1, -0.05) is 32.8 Å². The van der Waals surface area contributed by atoms with Crippen LogP contribution in [0, 0.1) is 5.92 Å². The molecular formula is C16H30O2. The molecule has 2 heteroatoms. The number of hydrogen-bond acceptors (Lipinski definition) is 2. The van der Waals surface area contributed by atoms with Crippen LogP contribution in [-0.2, 0) is 9.53 Å². The van der Waals surface area contributed by atoms with Crippen LogP contribution >= 0.6 is 0 Å². The van der Waals surface area contributed by atoms with Gasteiger partial charge in [0.2, 0.25) is 0 Å². The molecule has 0 bridgehead atoms. The molecule has 0 fully saturated rings. The van der Waals surface area contributed by atoms with Crippen LogP contribution in [0.1, 0.15) is 66.7 Å². The van der Waals surface area contributed by atoms with Crippen LogP contribution in [0.5, 0.6) is 0 Å². The van der Waals surface area contributed by atoms with Gasteiger partial charge in [0.05, 0.1) is 5.60 Å². The molecule has 0 amide bonds. The van der Waals surface area contributed by atoms with E-state index in [1.54, 1.807) is 13.0 Å². The van der Waals surface area contributed by atoms with Crippen molar-refractivity contribution in [2.45, 2.75) is 72.3 Å². The molecule has 0 aliphatic carbocycles. The quantitative estimate of drug-likeness (QED) is 0.535. The third-order valence-electron chi connectivity index (χ3n) is 3.53. The summed E-state index contributed by atoms with van der Waals surface area (Å²) in [5, 5.41) is 0. The topological polar surface area (TPSA) is 26.3 Å². The summed E-state index contributed by atoms with van der Waals surface area (Å²) in [5.41, 5.74) is 0.0453. The average Bonchev–Trinajstić information content (AvgIpc) is 2.29. The second-order valence-electron chi connectivity index (χ2n) is 5.48. The van der Waals surface area contributed by atoms with Gasteiger partial charge in [-0.2, -0.15) is 0 Å². The Labute approximate surface area is 113 Å². The Kier molecular flexibility index (Phi) is 8.99. The van der Waals surface area contributed by atoms with Crippen LogP contribution in [0.3, 0.4) is 0 Å². The summed E-state index contributed by atoms with van der Waals surface area (Å²) in [4.78, 5) is 10.8. The molecule has 0 saturated carbocycles. The fraction of sp³-hybridized carbons (Fsp3) is 0.812. The van der Waals surface area contributed by atoms with E-state index in [9.17, 15) is 4.79 Å². The Morgan fingerprint density at radius 2 is 2.06 bits per heavy atom. The molecule has 0 aromatic carbocycles. The van der Waals surface area contributed by atoms with E-state index in [-0.39, 0.29) is 11.4 Å². The fourth-order valence-electron chi connectivity index (χ4n) is 2.11. The average molecular weight is 254 g/mol. The van der Waals surface area contributed by atoms with E-state index in [1.807, 2.05) is 6.08 Å². The minimum absolute atomic E-state index is 0.0453. The highest BCUT2D eigenvalue weighted by Gasteiger charge is 2.21. The number of ether oxygens (including phenoxy) is 1. The maximum absolute atomic E-state index is 10.8. The molecule has 2 nitrogen and oxygen atoms in total. The van der Waals surface area contributed by atoms with Gasteiger partial charge in [-0.05, 0) is 52.0 Å². The lowest BCUT2D eigenvalue weighted by molar-refractivity contribution is -0.112. The summed E-state index contributed by atoms with van der Waals surface area (Å²) in [7, 11) is 0. The highest BCUT2D eigenvalue weighted by molar-refractivity contribution is 5.87. The van der Waals surface area contributed by atoms with Gasteiger partial charge < -0.3 is 4.74 Å². The lowest BCUT2D eigenvalue weighted by Crippen LogP contribution is -2.27. The predicted molar refractivity (Wildman–Crippen MR) is 77.8 cm³/mol. The lowest BCUT2D eigenvalue weighted by atomic mass is 9.92. The van der Waals surface area contributed by atoms with Crippen molar-refractivity contribution in [1.82, 2.24) is 0 Å². The van der Waals surface area contributed by atoms with Crippen LogP contribution in [0.2, 0.25) is 0 Å². The van der Waals surface area contributed by atoms with Crippen LogP contribution in [0.15, 0.2) is 12.2 Å². The van der Waals surface area contributed by atoms with E-state index in [1.165, 1.54) is 12.8 Å². The zero-order valence-electron chi connectivity index (χ0n) is 12.8. The van der Waals surface area contributed by atoms with Gasteiger partial charge >= 0.3 is 0 Å². The molecule has 106 valence electrons. The molecule has 2 unspecified atom stereocenters. The number of carbonyl (C=O) groups is 1. The first-order valence-corrected chi connectivity index (χ1v) is 7.24. The van der Waals surface area contributed by atoms with E-state index in [0.29, 0.717) is 5.92 Å². The van der Waals surface area contributed by atoms with E-state index < -0.39 is 0 Å². The second-order valence-corrected chi connectivity index (χ2v) is 5.48. The van der Waals surface area contributed by atoms with Gasteiger partial charge in [-0.25, -0.2) is 0 Å². The van der Waals surface area contributed by atoms with Crippen LogP contribution in [0.25, 0.3) is 0 Å². The molecule has 0 N–H and O–H groups in total. The molecule has 0 radical (unpaired) electrons. The summed E-state index contributed by atoms with van der Waals surface area (Å²) >= 11 is 0. The van der Waals surface area contributed by atoms with Crippen molar-refractivity contribution in [2.75, 3.05) is 6.61 Å². The maximum Gasteiger partial charge on any atom is 0.152 e. The second kappa shape index (κ2) is 9.32. The van der Waals surface area contributed by atoms with Crippen LogP contribution in [-0.4, -0.2) is 18.0 Å². The number of rotatable bonds is 10. The largest absolute Gasteiger partial charge is 0.376 e. The van der Waals surface area contributed by atoms with E-state index in [2.05, 4.69) is 27.7 Å². The van der Waals surface area contributed by atoms with Gasteiger partial charge in [0.25, 0.3) is 0 Å². The van der Waals surface area contributed by atoms with Crippen LogP contribution < -0.4 is 0 Å². The molecule has 0 spiro atoms. The number of allylic oxidation sites excluding steroid dienone is 2. The first-order valence-electron chi connectivity index (χ1n) is 7.24. The summed E-state index contributed by atoms with van der Waals surface area (Å²) < 4.78 is 5.81. The molecule has 18 heavy (non-hydrogen) atoms. The minimum Gasteiger partial charge on any atom is -0.376 e. The number of hydrogen-bond donors (Lipinski definition) is 0. The minimum atomic E-state index is 0.0453. The first-order chi connectivity index (χ1) is 8.43. The molecule has 2 atom stereocenters. The van der Waals surface area contributed by atoms with Gasteiger partial charge in [0.15, 0.2) is 5.78 Å². The molecular weight excluding hydrogens is 224 g/mol. The monoisotopic (exact) mass is 254 g/mol. The molecule has 0 rings (SSSR count). The first kappa shape index (κ1) is 17.4. The Morgan fingerprint density at radius 1 is 1.39 bits per heavy atom. The Hall–Kier alpha value is -0.630. The smallest absolute Gasteiger partial charge is 0.152 e. The third kappa shape index (κ3) is 8.46. The Morgan fingerprint density at radius 3 is 2.56 bits per heavy atom. The van der Waals surface area contributed by atoms with Gasteiger partial charge in [-0.3, -0.25) is 4.79 Å². The summed E-state index contributed by atoms with van der Waals surface area (Å²) in [6.45, 7) is 11.1. The zero-order chi connectivity index (χ0) is 14.0. The molecule has 0 aliphatic rings. The van der Waals surface area contributed by atoms with Crippen molar-refractivity contribution in [2.24, 2.45) is 5.92 Å². The summed E-state index contributed by atoms with van der Waals surface area (Å²) in [5.74, 6) is 0.778.